The van der Waals surface area contributed by atoms with Crippen molar-refractivity contribution >= 4 is 18.2 Å². The predicted octanol–water partition coefficient (Wildman–Crippen LogP) is 4.66. The summed E-state index contributed by atoms with van der Waals surface area (Å²) in [6, 6.07) is 7.36. The van der Waals surface area contributed by atoms with Crippen molar-refractivity contribution in [2.24, 2.45) is 0 Å². The molecule has 0 saturated carbocycles. The van der Waals surface area contributed by atoms with E-state index in [0.717, 1.165) is 17.0 Å². The summed E-state index contributed by atoms with van der Waals surface area (Å²) in [5.41, 5.74) is 1.88. The van der Waals surface area contributed by atoms with Crippen LogP contribution in [0.25, 0.3) is 11.4 Å². The van der Waals surface area contributed by atoms with Gasteiger partial charge in [-0.2, -0.15) is 5.10 Å². The molecule has 0 aliphatic rings. The number of aromatic nitrogens is 4. The highest BCUT2D eigenvalue weighted by atomic mass is 16.6. The number of rotatable bonds is 7. The molecule has 1 N–H and O–H groups in total. The first-order valence-corrected chi connectivity index (χ1v) is 10.2. The minimum absolute atomic E-state index is 0.0658. The molecule has 168 valence electrons. The van der Waals surface area contributed by atoms with Crippen molar-refractivity contribution in [3.05, 3.63) is 54.0 Å². The van der Waals surface area contributed by atoms with E-state index in [1.807, 2.05) is 36.7 Å². The molecule has 9 nitrogen and oxygen atoms in total. The Labute approximate surface area is 186 Å². The highest BCUT2D eigenvalue weighted by Crippen LogP contribution is 2.27. The molecule has 3 aromatic heterocycles. The van der Waals surface area contributed by atoms with Gasteiger partial charge >= 0.3 is 6.09 Å². The molecule has 32 heavy (non-hydrogen) atoms. The Morgan fingerprint density at radius 2 is 1.94 bits per heavy atom. The lowest BCUT2D eigenvalue weighted by Gasteiger charge is -2.20. The normalized spacial score (nSPS) is 11.3. The fourth-order valence-corrected chi connectivity index (χ4v) is 3.05. The van der Waals surface area contributed by atoms with E-state index in [2.05, 4.69) is 20.4 Å². The Balaban J connectivity index is 1.83. The van der Waals surface area contributed by atoms with Crippen LogP contribution < -0.4 is 10.1 Å². The van der Waals surface area contributed by atoms with E-state index in [-0.39, 0.29) is 29.8 Å². The van der Waals surface area contributed by atoms with Gasteiger partial charge in [-0.25, -0.2) is 9.78 Å². The SMILES string of the molecule is CC(C)n1nccc1-c1ncccc1COc1ccnc(NC(=O)OC(C)(C)C)c1C=O. The van der Waals surface area contributed by atoms with Crippen LogP contribution in [0.1, 0.15) is 56.6 Å². The summed E-state index contributed by atoms with van der Waals surface area (Å²) in [7, 11) is 0. The van der Waals surface area contributed by atoms with Crippen LogP contribution in [0.2, 0.25) is 0 Å². The van der Waals surface area contributed by atoms with Gasteiger partial charge in [0.05, 0.1) is 17.0 Å². The molecule has 1 amide bonds. The number of nitrogens with zero attached hydrogens (tertiary/aromatic N) is 4. The smallest absolute Gasteiger partial charge is 0.413 e. The Bertz CT molecular complexity index is 1100. The highest BCUT2D eigenvalue weighted by molar-refractivity contribution is 5.93. The largest absolute Gasteiger partial charge is 0.488 e. The first kappa shape index (κ1) is 22.9. The molecule has 0 atom stereocenters. The third kappa shape index (κ3) is 5.48. The Morgan fingerprint density at radius 3 is 2.62 bits per heavy atom. The van der Waals surface area contributed by atoms with Crippen LogP contribution in [0, 0.1) is 0 Å². The van der Waals surface area contributed by atoms with Gasteiger partial charge in [-0.05, 0) is 52.8 Å². The summed E-state index contributed by atoms with van der Waals surface area (Å²) in [5, 5.41) is 6.88. The monoisotopic (exact) mass is 437 g/mol. The summed E-state index contributed by atoms with van der Waals surface area (Å²) in [6.45, 7) is 9.48. The van der Waals surface area contributed by atoms with Crippen LogP contribution in [0.15, 0.2) is 42.9 Å². The van der Waals surface area contributed by atoms with Gasteiger partial charge in [0, 0.05) is 30.2 Å². The van der Waals surface area contributed by atoms with Crippen molar-refractivity contribution in [2.75, 3.05) is 5.32 Å². The van der Waals surface area contributed by atoms with E-state index >= 15 is 0 Å². The van der Waals surface area contributed by atoms with Gasteiger partial charge < -0.3 is 9.47 Å². The van der Waals surface area contributed by atoms with Crippen molar-refractivity contribution < 1.29 is 19.1 Å². The maximum atomic E-state index is 12.1. The van der Waals surface area contributed by atoms with Crippen molar-refractivity contribution in [1.82, 2.24) is 19.7 Å². The molecule has 0 aliphatic carbocycles. The van der Waals surface area contributed by atoms with Gasteiger partial charge in [-0.15, -0.1) is 0 Å². The molecular weight excluding hydrogens is 410 g/mol. The molecular formula is C23H27N5O4. The number of amides is 1. The lowest BCUT2D eigenvalue weighted by Crippen LogP contribution is -2.27. The summed E-state index contributed by atoms with van der Waals surface area (Å²) in [5.74, 6) is 0.351. The predicted molar refractivity (Wildman–Crippen MR) is 120 cm³/mol. The maximum Gasteiger partial charge on any atom is 0.413 e. The topological polar surface area (TPSA) is 108 Å². The summed E-state index contributed by atoms with van der Waals surface area (Å²) in [6.07, 6.45) is 4.78. The lowest BCUT2D eigenvalue weighted by atomic mass is 10.1. The van der Waals surface area contributed by atoms with Gasteiger partial charge in [-0.1, -0.05) is 6.07 Å². The van der Waals surface area contributed by atoms with Gasteiger partial charge in [0.2, 0.25) is 0 Å². The molecule has 0 spiro atoms. The summed E-state index contributed by atoms with van der Waals surface area (Å²) < 4.78 is 13.1. The van der Waals surface area contributed by atoms with Crippen LogP contribution in [0.4, 0.5) is 10.6 Å². The average molecular weight is 438 g/mol. The number of ether oxygens (including phenoxy) is 2. The standard InChI is InChI=1S/C23H27N5O4/c1-15(2)28-18(8-12-26-28)20-16(7-6-10-24-20)14-31-19-9-11-25-21(17(19)13-29)27-22(30)32-23(3,4)5/h6-13,15H,14H2,1-5H3,(H,25,27,30). The van der Waals surface area contributed by atoms with Gasteiger partial charge in [0.15, 0.2) is 6.29 Å². The number of hydrogen-bond acceptors (Lipinski definition) is 7. The minimum Gasteiger partial charge on any atom is -0.488 e. The van der Waals surface area contributed by atoms with Gasteiger partial charge in [-0.3, -0.25) is 19.8 Å². The number of carbonyl (C=O) groups excluding carboxylic acids is 2. The molecule has 3 rings (SSSR count). The molecule has 3 aromatic rings. The molecule has 0 radical (unpaired) electrons. The van der Waals surface area contributed by atoms with Crippen LogP contribution in [0.3, 0.4) is 0 Å². The molecule has 9 heteroatoms. The molecule has 0 unspecified atom stereocenters. The average Bonchev–Trinajstić information content (AvgIpc) is 3.21. The van der Waals surface area contributed by atoms with Crippen molar-refractivity contribution in [3.63, 3.8) is 0 Å². The zero-order chi connectivity index (χ0) is 23.3. The molecule has 0 bridgehead atoms. The van der Waals surface area contributed by atoms with E-state index in [4.69, 9.17) is 9.47 Å². The van der Waals surface area contributed by atoms with Gasteiger partial charge in [0.25, 0.3) is 0 Å². The van der Waals surface area contributed by atoms with E-state index in [1.165, 1.54) is 6.20 Å². The number of pyridine rings is 2. The Hall–Kier alpha value is -3.75. The molecule has 0 saturated heterocycles. The first-order chi connectivity index (χ1) is 15.2. The van der Waals surface area contributed by atoms with Crippen LogP contribution in [-0.2, 0) is 11.3 Å². The summed E-state index contributed by atoms with van der Waals surface area (Å²) >= 11 is 0. The maximum absolute atomic E-state index is 12.1. The fourth-order valence-electron chi connectivity index (χ4n) is 3.05. The first-order valence-electron chi connectivity index (χ1n) is 10.2. The third-order valence-electron chi connectivity index (χ3n) is 4.36. The number of anilines is 1. The van der Waals surface area contributed by atoms with Crippen LogP contribution >= 0.6 is 0 Å². The second kappa shape index (κ2) is 9.59. The van der Waals surface area contributed by atoms with Crippen molar-refractivity contribution in [2.45, 2.75) is 52.9 Å². The summed E-state index contributed by atoms with van der Waals surface area (Å²) in [4.78, 5) is 32.5. The van der Waals surface area contributed by atoms with Crippen LogP contribution in [0.5, 0.6) is 5.75 Å². The lowest BCUT2D eigenvalue weighted by molar-refractivity contribution is 0.0635. The zero-order valence-corrected chi connectivity index (χ0v) is 18.8. The number of carbonyl (C=O) groups is 2. The Kier molecular flexibility index (Phi) is 6.87. The van der Waals surface area contributed by atoms with E-state index < -0.39 is 11.7 Å². The molecule has 3 heterocycles. The van der Waals surface area contributed by atoms with Gasteiger partial charge in [0.1, 0.15) is 23.8 Å². The minimum atomic E-state index is -0.707. The fraction of sp³-hybridized carbons (Fsp3) is 0.348. The number of hydrogen-bond donors (Lipinski definition) is 1. The number of aldehydes is 1. The molecule has 0 aromatic carbocycles. The van der Waals surface area contributed by atoms with E-state index in [1.54, 1.807) is 39.2 Å². The van der Waals surface area contributed by atoms with Crippen molar-refractivity contribution in [1.29, 1.82) is 0 Å². The second-order valence-electron chi connectivity index (χ2n) is 8.37. The second-order valence-corrected chi connectivity index (χ2v) is 8.37. The highest BCUT2D eigenvalue weighted by Gasteiger charge is 2.20. The quantitative estimate of drug-likeness (QED) is 0.536. The van der Waals surface area contributed by atoms with Crippen LogP contribution in [-0.4, -0.2) is 37.7 Å². The zero-order valence-electron chi connectivity index (χ0n) is 18.8. The Morgan fingerprint density at radius 1 is 1.16 bits per heavy atom. The number of nitrogens with one attached hydrogen (secondary N) is 1. The third-order valence-corrected chi connectivity index (χ3v) is 4.36. The van der Waals surface area contributed by atoms with Crippen molar-refractivity contribution in [3.8, 4) is 17.1 Å². The van der Waals surface area contributed by atoms with E-state index in [9.17, 15) is 9.59 Å². The molecule has 0 aliphatic heterocycles. The van der Waals surface area contributed by atoms with E-state index in [0.29, 0.717) is 6.29 Å². The molecule has 0 fully saturated rings.